The van der Waals surface area contributed by atoms with Gasteiger partial charge in [0.25, 0.3) is 5.91 Å². The molecular weight excluding hydrogens is 397 g/mol. The topological polar surface area (TPSA) is 78.1 Å². The molecule has 3 heterocycles. The smallest absolute Gasteiger partial charge is 0.349 e. The van der Waals surface area contributed by atoms with Crippen molar-refractivity contribution in [2.75, 3.05) is 0 Å². The predicted molar refractivity (Wildman–Crippen MR) is 102 cm³/mol. The zero-order chi connectivity index (χ0) is 21.5. The zero-order valence-corrected chi connectivity index (χ0v) is 16.5. The minimum absolute atomic E-state index is 0.0965. The van der Waals surface area contributed by atoms with E-state index in [0.717, 1.165) is 18.6 Å². The van der Waals surface area contributed by atoms with Crippen LogP contribution in [-0.4, -0.2) is 38.5 Å². The number of likely N-dealkylation sites (tertiary alicyclic amines) is 1. The average Bonchev–Trinajstić information content (AvgIpc) is 3.30. The van der Waals surface area contributed by atoms with E-state index in [1.807, 2.05) is 6.92 Å². The SMILES string of the molecule is C[C@]12C[C@@H](c3cccc(C(F)(F)F)c3)N(C(=O)c3ccn[nH]3)[C@H]1CCCCC(=O)N2. The number of carbonyl (C=O) groups is 2. The number of halogens is 3. The van der Waals surface area contributed by atoms with Gasteiger partial charge in [0.1, 0.15) is 5.69 Å². The first-order valence-corrected chi connectivity index (χ1v) is 9.99. The Bertz CT molecular complexity index is 944. The highest BCUT2D eigenvalue weighted by Gasteiger charge is 2.53. The number of rotatable bonds is 2. The van der Waals surface area contributed by atoms with Gasteiger partial charge in [-0.15, -0.1) is 0 Å². The van der Waals surface area contributed by atoms with Crippen LogP contribution in [0.1, 0.15) is 66.7 Å². The van der Waals surface area contributed by atoms with Crippen LogP contribution in [0.3, 0.4) is 0 Å². The van der Waals surface area contributed by atoms with E-state index < -0.39 is 23.3 Å². The summed E-state index contributed by atoms with van der Waals surface area (Å²) in [5.41, 5.74) is -0.816. The van der Waals surface area contributed by atoms with Crippen LogP contribution in [0.25, 0.3) is 0 Å². The molecule has 1 aromatic heterocycles. The van der Waals surface area contributed by atoms with Crippen LogP contribution in [0.4, 0.5) is 13.2 Å². The van der Waals surface area contributed by atoms with Crippen LogP contribution in [0.2, 0.25) is 0 Å². The lowest BCUT2D eigenvalue weighted by Crippen LogP contribution is -2.56. The standard InChI is InChI=1S/C21H23F3N4O2/c1-20-12-16(13-5-4-6-14(11-13)21(22,23)24)28(19(30)15-9-10-25-27-15)17(20)7-2-3-8-18(29)26-20/h4-6,9-11,16-17H,2-3,7-8,12H2,1H3,(H,25,27)(H,26,29)/t16-,17-,20-/m0/s1. The van der Waals surface area contributed by atoms with Crippen LogP contribution < -0.4 is 5.32 Å². The summed E-state index contributed by atoms with van der Waals surface area (Å²) in [6.07, 6.45) is -0.148. The van der Waals surface area contributed by atoms with Gasteiger partial charge in [0.2, 0.25) is 5.91 Å². The van der Waals surface area contributed by atoms with Crippen LogP contribution in [0.5, 0.6) is 0 Å². The molecule has 3 atom stereocenters. The molecule has 2 aromatic rings. The third-order valence-corrected chi connectivity index (χ3v) is 6.15. The zero-order valence-electron chi connectivity index (χ0n) is 16.5. The first kappa shape index (κ1) is 20.4. The molecule has 9 heteroatoms. The Hall–Kier alpha value is -2.84. The first-order chi connectivity index (χ1) is 14.2. The fraction of sp³-hybridized carbons (Fsp3) is 0.476. The van der Waals surface area contributed by atoms with Crippen molar-refractivity contribution in [2.24, 2.45) is 0 Å². The van der Waals surface area contributed by atoms with Gasteiger partial charge in [0, 0.05) is 12.6 Å². The largest absolute Gasteiger partial charge is 0.416 e. The maximum absolute atomic E-state index is 13.4. The molecule has 1 aromatic carbocycles. The van der Waals surface area contributed by atoms with Gasteiger partial charge in [0.15, 0.2) is 0 Å². The van der Waals surface area contributed by atoms with Gasteiger partial charge in [0.05, 0.1) is 23.2 Å². The van der Waals surface area contributed by atoms with Gasteiger partial charge in [-0.25, -0.2) is 0 Å². The molecule has 0 radical (unpaired) electrons. The van der Waals surface area contributed by atoms with E-state index in [4.69, 9.17) is 0 Å². The van der Waals surface area contributed by atoms with E-state index in [0.29, 0.717) is 31.2 Å². The number of aromatic nitrogens is 2. The number of nitrogens with zero attached hydrogens (tertiary/aromatic N) is 2. The molecule has 2 aliphatic rings. The Morgan fingerprint density at radius 3 is 2.77 bits per heavy atom. The number of hydrogen-bond acceptors (Lipinski definition) is 3. The van der Waals surface area contributed by atoms with E-state index in [1.54, 1.807) is 17.0 Å². The molecule has 2 N–H and O–H groups in total. The number of benzene rings is 1. The molecule has 6 nitrogen and oxygen atoms in total. The lowest BCUT2D eigenvalue weighted by molar-refractivity contribution is -0.137. The maximum Gasteiger partial charge on any atom is 0.416 e. The van der Waals surface area contributed by atoms with Crippen molar-refractivity contribution < 1.29 is 22.8 Å². The molecule has 0 aliphatic carbocycles. The second kappa shape index (κ2) is 7.45. The molecule has 4 rings (SSSR count). The number of nitrogens with one attached hydrogen (secondary N) is 2. The van der Waals surface area contributed by atoms with Gasteiger partial charge in [-0.1, -0.05) is 18.6 Å². The number of amides is 2. The summed E-state index contributed by atoms with van der Waals surface area (Å²) >= 11 is 0. The van der Waals surface area contributed by atoms with Gasteiger partial charge < -0.3 is 10.2 Å². The Morgan fingerprint density at radius 2 is 2.07 bits per heavy atom. The second-order valence-corrected chi connectivity index (χ2v) is 8.25. The normalized spacial score (nSPS) is 27.2. The number of aromatic amines is 1. The van der Waals surface area contributed by atoms with Crippen LogP contribution in [0.15, 0.2) is 36.5 Å². The third kappa shape index (κ3) is 3.68. The molecule has 2 aliphatic heterocycles. The number of carbonyl (C=O) groups excluding carboxylic acids is 2. The predicted octanol–water partition coefficient (Wildman–Crippen LogP) is 3.83. The van der Waals surface area contributed by atoms with Crippen LogP contribution >= 0.6 is 0 Å². The molecule has 2 saturated heterocycles. The Morgan fingerprint density at radius 1 is 1.27 bits per heavy atom. The lowest BCUT2D eigenvalue weighted by atomic mass is 9.85. The summed E-state index contributed by atoms with van der Waals surface area (Å²) < 4.78 is 39.9. The minimum Gasteiger partial charge on any atom is -0.349 e. The van der Waals surface area contributed by atoms with E-state index >= 15 is 0 Å². The first-order valence-electron chi connectivity index (χ1n) is 9.99. The van der Waals surface area contributed by atoms with Gasteiger partial charge in [-0.3, -0.25) is 14.7 Å². The number of alkyl halides is 3. The highest BCUT2D eigenvalue weighted by molar-refractivity contribution is 5.93. The van der Waals surface area contributed by atoms with Crippen molar-refractivity contribution >= 4 is 11.8 Å². The minimum atomic E-state index is -4.48. The van der Waals surface area contributed by atoms with Crippen molar-refractivity contribution in [1.29, 1.82) is 0 Å². The number of H-pyrrole nitrogens is 1. The summed E-state index contributed by atoms with van der Waals surface area (Å²) in [5, 5.41) is 9.54. The summed E-state index contributed by atoms with van der Waals surface area (Å²) in [4.78, 5) is 27.3. The van der Waals surface area contributed by atoms with E-state index in [2.05, 4.69) is 15.5 Å². The summed E-state index contributed by atoms with van der Waals surface area (Å²) in [6.45, 7) is 1.88. The Labute approximate surface area is 171 Å². The van der Waals surface area contributed by atoms with Gasteiger partial charge in [-0.2, -0.15) is 18.3 Å². The van der Waals surface area contributed by atoms with E-state index in [-0.39, 0.29) is 23.6 Å². The fourth-order valence-corrected chi connectivity index (χ4v) is 4.75. The van der Waals surface area contributed by atoms with Crippen molar-refractivity contribution in [2.45, 2.75) is 62.8 Å². The molecule has 2 amide bonds. The fourth-order valence-electron chi connectivity index (χ4n) is 4.75. The maximum atomic E-state index is 13.4. The summed E-state index contributed by atoms with van der Waals surface area (Å²) in [5.74, 6) is -0.431. The van der Waals surface area contributed by atoms with Gasteiger partial charge in [-0.05, 0) is 49.9 Å². The highest BCUT2D eigenvalue weighted by atomic mass is 19.4. The number of fused-ring (bicyclic) bond motifs is 1. The van der Waals surface area contributed by atoms with E-state index in [9.17, 15) is 22.8 Å². The number of hydrogen-bond donors (Lipinski definition) is 2. The molecule has 2 fully saturated rings. The van der Waals surface area contributed by atoms with Crippen LogP contribution in [0, 0.1) is 0 Å². The monoisotopic (exact) mass is 420 g/mol. The molecule has 30 heavy (non-hydrogen) atoms. The summed E-state index contributed by atoms with van der Waals surface area (Å²) in [6, 6.07) is 5.70. The molecule has 0 unspecified atom stereocenters. The molecule has 0 bridgehead atoms. The Balaban J connectivity index is 1.79. The van der Waals surface area contributed by atoms with Crippen molar-refractivity contribution in [3.05, 3.63) is 53.3 Å². The van der Waals surface area contributed by atoms with Crippen molar-refractivity contribution in [1.82, 2.24) is 20.4 Å². The molecular formula is C21H23F3N4O2. The average molecular weight is 420 g/mol. The molecule has 0 saturated carbocycles. The molecule has 160 valence electrons. The van der Waals surface area contributed by atoms with Crippen molar-refractivity contribution in [3.8, 4) is 0 Å². The quantitative estimate of drug-likeness (QED) is 0.775. The van der Waals surface area contributed by atoms with Gasteiger partial charge >= 0.3 is 6.18 Å². The third-order valence-electron chi connectivity index (χ3n) is 6.15. The molecule has 0 spiro atoms. The summed E-state index contributed by atoms with van der Waals surface area (Å²) in [7, 11) is 0. The second-order valence-electron chi connectivity index (χ2n) is 8.25. The highest BCUT2D eigenvalue weighted by Crippen LogP contribution is 2.46. The van der Waals surface area contributed by atoms with Crippen LogP contribution in [-0.2, 0) is 11.0 Å². The van der Waals surface area contributed by atoms with Crippen molar-refractivity contribution in [3.63, 3.8) is 0 Å². The lowest BCUT2D eigenvalue weighted by Gasteiger charge is -2.38. The van der Waals surface area contributed by atoms with E-state index in [1.165, 1.54) is 12.3 Å². The Kier molecular flexibility index (Phi) is 5.07.